The summed E-state index contributed by atoms with van der Waals surface area (Å²) in [6.07, 6.45) is 19.8. The number of hydrogen-bond acceptors (Lipinski definition) is 5. The van der Waals surface area contributed by atoms with E-state index in [0.29, 0.717) is 17.9 Å². The molecule has 1 rings (SSSR count). The Morgan fingerprint density at radius 3 is 1.68 bits per heavy atom. The predicted molar refractivity (Wildman–Crippen MR) is 156 cm³/mol. The van der Waals surface area contributed by atoms with Crippen molar-refractivity contribution in [3.63, 3.8) is 0 Å². The minimum absolute atomic E-state index is 0.0988. The van der Waals surface area contributed by atoms with Gasteiger partial charge in [0.2, 0.25) is 5.91 Å². The van der Waals surface area contributed by atoms with E-state index < -0.39 is 27.7 Å². The summed E-state index contributed by atoms with van der Waals surface area (Å²) in [5, 5.41) is 10.6. The van der Waals surface area contributed by atoms with Gasteiger partial charge < -0.3 is 15.2 Å². The van der Waals surface area contributed by atoms with Gasteiger partial charge in [0.15, 0.2) is 16.4 Å². The molecule has 2 N–H and O–H groups in total. The van der Waals surface area contributed by atoms with Gasteiger partial charge in [0.25, 0.3) is 0 Å². The van der Waals surface area contributed by atoms with Gasteiger partial charge in [-0.2, -0.15) is 0 Å². The van der Waals surface area contributed by atoms with E-state index in [-0.39, 0.29) is 18.1 Å². The second-order valence-electron chi connectivity index (χ2n) is 10.4. The quantitative estimate of drug-likeness (QED) is 0.128. The van der Waals surface area contributed by atoms with Crippen molar-refractivity contribution < 1.29 is 27.9 Å². The molecule has 1 aromatic carbocycles. The molecule has 0 saturated carbocycles. The van der Waals surface area contributed by atoms with Crippen molar-refractivity contribution in [3.8, 4) is 5.75 Å². The van der Waals surface area contributed by atoms with Crippen LogP contribution in [-0.2, 0) is 19.4 Å². The van der Waals surface area contributed by atoms with E-state index in [2.05, 4.69) is 12.2 Å². The zero-order chi connectivity index (χ0) is 28.1. The first-order valence-electron chi connectivity index (χ1n) is 14.7. The summed E-state index contributed by atoms with van der Waals surface area (Å²) in [5.74, 6) is -0.945. The predicted octanol–water partition coefficient (Wildman–Crippen LogP) is 7.54. The maximum absolute atomic E-state index is 12.6. The van der Waals surface area contributed by atoms with Gasteiger partial charge in [-0.15, -0.1) is 0 Å². The smallest absolute Gasteiger partial charge is 0.341 e. The molecule has 218 valence electrons. The molecule has 0 heterocycles. The summed E-state index contributed by atoms with van der Waals surface area (Å²) in [6.45, 7) is 3.40. The number of hydrogen-bond donors (Lipinski definition) is 2. The van der Waals surface area contributed by atoms with Crippen molar-refractivity contribution in [2.45, 2.75) is 128 Å². The molecular formula is C30H51NO6S. The highest BCUT2D eigenvalue weighted by Crippen LogP contribution is 2.18. The van der Waals surface area contributed by atoms with E-state index >= 15 is 0 Å². The molecule has 8 heteroatoms. The number of sulfone groups is 1. The Kier molecular flexibility index (Phi) is 18.6. The van der Waals surface area contributed by atoms with Crippen LogP contribution in [0, 0.1) is 0 Å². The van der Waals surface area contributed by atoms with Crippen molar-refractivity contribution in [1.82, 2.24) is 0 Å². The molecular weight excluding hydrogens is 502 g/mol. The molecule has 0 aromatic heterocycles. The fraction of sp³-hybridized carbons (Fsp3) is 0.733. The fourth-order valence-corrected chi connectivity index (χ4v) is 5.85. The standard InChI is InChI=1S/C30H51NO6S/c1-3-4-5-6-7-8-9-10-11-12-13-14-15-16-17-18-23-38(35,36)26(2)24-29(32)31-27-19-21-28(22-20-27)37-25-30(33)34/h19-22,26H,3-18,23-25H2,1-2H3,(H,31,32)(H,33,34). The molecule has 0 aliphatic rings. The van der Waals surface area contributed by atoms with E-state index in [4.69, 9.17) is 9.84 Å². The lowest BCUT2D eigenvalue weighted by molar-refractivity contribution is -0.139. The third kappa shape index (κ3) is 17.4. The highest BCUT2D eigenvalue weighted by molar-refractivity contribution is 7.92. The number of ether oxygens (including phenoxy) is 1. The Morgan fingerprint density at radius 1 is 0.789 bits per heavy atom. The molecule has 1 aromatic rings. The van der Waals surface area contributed by atoms with Gasteiger partial charge in [-0.05, 0) is 37.6 Å². The number of carbonyl (C=O) groups excluding carboxylic acids is 1. The van der Waals surface area contributed by atoms with E-state index in [0.717, 1.165) is 19.3 Å². The van der Waals surface area contributed by atoms with Gasteiger partial charge in [-0.25, -0.2) is 13.2 Å². The van der Waals surface area contributed by atoms with Gasteiger partial charge in [-0.3, -0.25) is 4.79 Å². The number of carboxylic acids is 1. The summed E-state index contributed by atoms with van der Waals surface area (Å²) in [5.41, 5.74) is 0.500. The van der Waals surface area contributed by atoms with Crippen molar-refractivity contribution in [2.75, 3.05) is 17.7 Å². The number of unbranched alkanes of at least 4 members (excludes halogenated alkanes) is 15. The normalized spacial score (nSPS) is 12.3. The van der Waals surface area contributed by atoms with Crippen LogP contribution in [0.15, 0.2) is 24.3 Å². The third-order valence-corrected chi connectivity index (χ3v) is 9.12. The number of amides is 1. The number of aliphatic carboxylic acids is 1. The van der Waals surface area contributed by atoms with Crippen LogP contribution in [0.2, 0.25) is 0 Å². The largest absolute Gasteiger partial charge is 0.482 e. The topological polar surface area (TPSA) is 110 Å². The average molecular weight is 554 g/mol. The van der Waals surface area contributed by atoms with Gasteiger partial charge >= 0.3 is 5.97 Å². The van der Waals surface area contributed by atoms with E-state index in [1.807, 2.05) is 0 Å². The second kappa shape index (κ2) is 20.8. The van der Waals surface area contributed by atoms with Gasteiger partial charge in [-0.1, -0.05) is 103 Å². The monoisotopic (exact) mass is 553 g/mol. The summed E-state index contributed by atoms with van der Waals surface area (Å²) in [7, 11) is -3.33. The number of rotatable bonds is 24. The van der Waals surface area contributed by atoms with Crippen LogP contribution < -0.4 is 10.1 Å². The van der Waals surface area contributed by atoms with Crippen LogP contribution >= 0.6 is 0 Å². The number of carbonyl (C=O) groups is 2. The molecule has 1 unspecified atom stereocenters. The highest BCUT2D eigenvalue weighted by Gasteiger charge is 2.23. The molecule has 1 atom stereocenters. The molecule has 0 fully saturated rings. The van der Waals surface area contributed by atoms with Crippen LogP contribution in [0.3, 0.4) is 0 Å². The van der Waals surface area contributed by atoms with Crippen molar-refractivity contribution in [3.05, 3.63) is 24.3 Å². The molecule has 0 radical (unpaired) electrons. The third-order valence-electron chi connectivity index (χ3n) is 6.87. The summed E-state index contributed by atoms with van der Waals surface area (Å²) in [6, 6.07) is 6.28. The number of anilines is 1. The van der Waals surface area contributed by atoms with Crippen molar-refractivity contribution in [1.29, 1.82) is 0 Å². The van der Waals surface area contributed by atoms with Crippen molar-refractivity contribution in [2.24, 2.45) is 0 Å². The van der Waals surface area contributed by atoms with Crippen LogP contribution in [0.4, 0.5) is 5.69 Å². The van der Waals surface area contributed by atoms with Gasteiger partial charge in [0.1, 0.15) is 5.75 Å². The lowest BCUT2D eigenvalue weighted by Gasteiger charge is -2.13. The molecule has 38 heavy (non-hydrogen) atoms. The SMILES string of the molecule is CCCCCCCCCCCCCCCCCCS(=O)(=O)C(C)CC(=O)Nc1ccc(OCC(=O)O)cc1. The number of benzene rings is 1. The first-order chi connectivity index (χ1) is 18.2. The highest BCUT2D eigenvalue weighted by atomic mass is 32.2. The van der Waals surface area contributed by atoms with Crippen LogP contribution in [0.1, 0.15) is 123 Å². The van der Waals surface area contributed by atoms with Gasteiger partial charge in [0.05, 0.1) is 11.0 Å². The molecule has 1 amide bonds. The Hall–Kier alpha value is -2.09. The molecule has 0 aliphatic carbocycles. The van der Waals surface area contributed by atoms with E-state index in [1.54, 1.807) is 31.2 Å². The maximum atomic E-state index is 12.6. The van der Waals surface area contributed by atoms with Crippen LogP contribution in [-0.4, -0.2) is 43.0 Å². The Balaban J connectivity index is 2.07. The van der Waals surface area contributed by atoms with Crippen molar-refractivity contribution >= 4 is 27.4 Å². The zero-order valence-electron chi connectivity index (χ0n) is 23.7. The Bertz CT molecular complexity index is 869. The lowest BCUT2D eigenvalue weighted by atomic mass is 10.0. The molecule has 0 spiro atoms. The number of carboxylic acid groups (broad SMARTS) is 1. The fourth-order valence-electron chi connectivity index (χ4n) is 4.43. The Morgan fingerprint density at radius 2 is 1.24 bits per heavy atom. The molecule has 7 nitrogen and oxygen atoms in total. The molecule has 0 aliphatic heterocycles. The van der Waals surface area contributed by atoms with E-state index in [1.165, 1.54) is 77.0 Å². The minimum Gasteiger partial charge on any atom is -0.482 e. The molecule has 0 bridgehead atoms. The lowest BCUT2D eigenvalue weighted by Crippen LogP contribution is -2.26. The summed E-state index contributed by atoms with van der Waals surface area (Å²) >= 11 is 0. The first kappa shape index (κ1) is 33.9. The van der Waals surface area contributed by atoms with Crippen LogP contribution in [0.5, 0.6) is 5.75 Å². The Labute approximate surface area is 231 Å². The maximum Gasteiger partial charge on any atom is 0.341 e. The second-order valence-corrected chi connectivity index (χ2v) is 13.0. The summed E-state index contributed by atoms with van der Waals surface area (Å²) < 4.78 is 30.2. The summed E-state index contributed by atoms with van der Waals surface area (Å²) in [4.78, 5) is 22.9. The van der Waals surface area contributed by atoms with E-state index in [9.17, 15) is 18.0 Å². The number of nitrogens with one attached hydrogen (secondary N) is 1. The minimum atomic E-state index is -3.33. The van der Waals surface area contributed by atoms with Crippen LogP contribution in [0.25, 0.3) is 0 Å². The average Bonchev–Trinajstić information content (AvgIpc) is 2.87. The first-order valence-corrected chi connectivity index (χ1v) is 16.4. The molecule has 0 saturated heterocycles. The zero-order valence-corrected chi connectivity index (χ0v) is 24.5. The van der Waals surface area contributed by atoms with Gasteiger partial charge in [0, 0.05) is 12.1 Å².